The predicted molar refractivity (Wildman–Crippen MR) is 40.2 cm³/mol. The smallest absolute Gasteiger partial charge is 0.00472 e. The van der Waals surface area contributed by atoms with E-state index in [4.69, 9.17) is 0 Å². The van der Waals surface area contributed by atoms with Gasteiger partial charge in [0.1, 0.15) is 0 Å². The van der Waals surface area contributed by atoms with Crippen molar-refractivity contribution in [3.8, 4) is 0 Å². The summed E-state index contributed by atoms with van der Waals surface area (Å²) in [5, 5.41) is 0.907. The summed E-state index contributed by atoms with van der Waals surface area (Å²) in [5.74, 6) is 3.28. The summed E-state index contributed by atoms with van der Waals surface area (Å²) in [6.07, 6.45) is 0. The minimum absolute atomic E-state index is 0.907. The summed E-state index contributed by atoms with van der Waals surface area (Å²) >= 11 is 2.11. The van der Waals surface area contributed by atoms with Gasteiger partial charge >= 0.3 is 0 Å². The summed E-state index contributed by atoms with van der Waals surface area (Å²) in [7, 11) is 0. The van der Waals surface area contributed by atoms with E-state index in [1.807, 2.05) is 0 Å². The molecular weight excluding hydrogens is 116 g/mol. The highest BCUT2D eigenvalue weighted by atomic mass is 32.2. The van der Waals surface area contributed by atoms with Crippen LogP contribution in [-0.4, -0.2) is 11.0 Å². The molecule has 0 saturated carbocycles. The quantitative estimate of drug-likeness (QED) is 0.485. The highest BCUT2D eigenvalue weighted by Gasteiger charge is 2.26. The van der Waals surface area contributed by atoms with E-state index >= 15 is 0 Å². The van der Waals surface area contributed by atoms with Gasteiger partial charge in [-0.15, -0.1) is 0 Å². The Morgan fingerprint density at radius 3 is 2.00 bits per heavy atom. The molecule has 1 saturated heterocycles. The van der Waals surface area contributed by atoms with Crippen molar-refractivity contribution in [3.05, 3.63) is 0 Å². The average Bonchev–Trinajstić information content (AvgIpc) is 1.98. The van der Waals surface area contributed by atoms with Gasteiger partial charge in [-0.3, -0.25) is 0 Å². The largest absolute Gasteiger partial charge is 0.158 e. The molecule has 0 nitrogen and oxygen atoms in total. The van der Waals surface area contributed by atoms with Crippen LogP contribution in [0.3, 0.4) is 0 Å². The molecule has 0 aliphatic carbocycles. The summed E-state index contributed by atoms with van der Waals surface area (Å²) < 4.78 is 0. The predicted octanol–water partition coefficient (Wildman–Crippen LogP) is 2.39. The summed E-state index contributed by atoms with van der Waals surface area (Å²) in [5.41, 5.74) is 0. The van der Waals surface area contributed by atoms with Crippen molar-refractivity contribution in [1.82, 2.24) is 0 Å². The first-order chi connectivity index (χ1) is 3.72. The second-order valence-electron chi connectivity index (χ2n) is 2.87. The Labute approximate surface area is 56.0 Å². The second kappa shape index (κ2) is 2.30. The molecule has 3 atom stereocenters. The molecule has 0 spiro atoms. The van der Waals surface area contributed by atoms with E-state index in [2.05, 4.69) is 32.5 Å². The molecule has 1 heteroatoms. The maximum absolute atomic E-state index is 2.36. The lowest BCUT2D eigenvalue weighted by atomic mass is 9.96. The molecule has 1 aliphatic heterocycles. The number of rotatable bonds is 0. The molecule has 8 heavy (non-hydrogen) atoms. The van der Waals surface area contributed by atoms with Gasteiger partial charge in [-0.1, -0.05) is 20.8 Å². The summed E-state index contributed by atoms with van der Waals surface area (Å²) in [6.45, 7) is 7.04. The van der Waals surface area contributed by atoms with Crippen LogP contribution in [0.2, 0.25) is 0 Å². The molecular formula is C7H14S. The Balaban J connectivity index is 2.44. The van der Waals surface area contributed by atoms with Crippen molar-refractivity contribution in [2.24, 2.45) is 11.8 Å². The molecule has 0 bridgehead atoms. The van der Waals surface area contributed by atoms with Gasteiger partial charge in [0.05, 0.1) is 0 Å². The Bertz CT molecular complexity index is 70.5. The van der Waals surface area contributed by atoms with E-state index in [0.717, 1.165) is 17.1 Å². The van der Waals surface area contributed by atoms with Crippen LogP contribution in [0.4, 0.5) is 0 Å². The molecule has 3 unspecified atom stereocenters. The van der Waals surface area contributed by atoms with Crippen LogP contribution in [0, 0.1) is 11.8 Å². The minimum Gasteiger partial charge on any atom is -0.158 e. The molecule has 0 aromatic carbocycles. The van der Waals surface area contributed by atoms with Crippen LogP contribution in [0.1, 0.15) is 20.8 Å². The highest BCUT2D eigenvalue weighted by molar-refractivity contribution is 8.00. The Morgan fingerprint density at radius 1 is 1.25 bits per heavy atom. The van der Waals surface area contributed by atoms with E-state index in [1.165, 1.54) is 5.75 Å². The lowest BCUT2D eigenvalue weighted by Gasteiger charge is -2.10. The van der Waals surface area contributed by atoms with Crippen molar-refractivity contribution in [1.29, 1.82) is 0 Å². The first kappa shape index (κ1) is 6.47. The molecule has 1 aliphatic rings. The fraction of sp³-hybridized carbons (Fsp3) is 1.00. The van der Waals surface area contributed by atoms with E-state index in [9.17, 15) is 0 Å². The Morgan fingerprint density at radius 2 is 1.88 bits per heavy atom. The first-order valence-corrected chi connectivity index (χ1v) is 4.38. The molecule has 1 fully saturated rings. The average molecular weight is 130 g/mol. The van der Waals surface area contributed by atoms with Crippen LogP contribution in [0.5, 0.6) is 0 Å². The van der Waals surface area contributed by atoms with Crippen LogP contribution < -0.4 is 0 Å². The van der Waals surface area contributed by atoms with Gasteiger partial charge in [0.2, 0.25) is 0 Å². The maximum atomic E-state index is 2.36. The van der Waals surface area contributed by atoms with Crippen molar-refractivity contribution >= 4 is 11.8 Å². The number of hydrogen-bond donors (Lipinski definition) is 0. The van der Waals surface area contributed by atoms with Gasteiger partial charge in [0.25, 0.3) is 0 Å². The summed E-state index contributed by atoms with van der Waals surface area (Å²) in [4.78, 5) is 0. The third-order valence-corrected chi connectivity index (χ3v) is 3.93. The fourth-order valence-electron chi connectivity index (χ4n) is 1.07. The molecule has 0 aromatic rings. The van der Waals surface area contributed by atoms with Crippen LogP contribution in [0.25, 0.3) is 0 Å². The first-order valence-electron chi connectivity index (χ1n) is 3.33. The van der Waals surface area contributed by atoms with E-state index < -0.39 is 0 Å². The van der Waals surface area contributed by atoms with Crippen LogP contribution >= 0.6 is 11.8 Å². The van der Waals surface area contributed by atoms with Gasteiger partial charge in [-0.25, -0.2) is 0 Å². The van der Waals surface area contributed by atoms with Crippen molar-refractivity contribution in [3.63, 3.8) is 0 Å². The van der Waals surface area contributed by atoms with Crippen molar-refractivity contribution in [2.75, 3.05) is 5.75 Å². The zero-order chi connectivity index (χ0) is 6.15. The fourth-order valence-corrected chi connectivity index (χ4v) is 2.55. The number of hydrogen-bond acceptors (Lipinski definition) is 1. The second-order valence-corrected chi connectivity index (χ2v) is 4.29. The zero-order valence-electron chi connectivity index (χ0n) is 5.85. The normalized spacial score (nSPS) is 47.6. The third-order valence-electron chi connectivity index (χ3n) is 2.26. The maximum Gasteiger partial charge on any atom is 0.00472 e. The molecule has 0 radical (unpaired) electrons. The molecule has 48 valence electrons. The van der Waals surface area contributed by atoms with E-state index in [1.54, 1.807) is 0 Å². The van der Waals surface area contributed by atoms with Crippen molar-refractivity contribution in [2.45, 2.75) is 26.0 Å². The SMILES string of the molecule is CC1CSC(C)C1C. The molecule has 0 N–H and O–H groups in total. The van der Waals surface area contributed by atoms with Crippen molar-refractivity contribution < 1.29 is 0 Å². The van der Waals surface area contributed by atoms with Crippen LogP contribution in [-0.2, 0) is 0 Å². The van der Waals surface area contributed by atoms with Gasteiger partial charge in [0, 0.05) is 5.25 Å². The van der Waals surface area contributed by atoms with Gasteiger partial charge in [-0.05, 0) is 17.6 Å². The van der Waals surface area contributed by atoms with Crippen LogP contribution in [0.15, 0.2) is 0 Å². The minimum atomic E-state index is 0.907. The zero-order valence-corrected chi connectivity index (χ0v) is 6.66. The number of thioether (sulfide) groups is 1. The monoisotopic (exact) mass is 130 g/mol. The highest BCUT2D eigenvalue weighted by Crippen LogP contribution is 2.35. The molecule has 0 aromatic heterocycles. The van der Waals surface area contributed by atoms with Gasteiger partial charge in [0.15, 0.2) is 0 Å². The van der Waals surface area contributed by atoms with E-state index in [0.29, 0.717) is 0 Å². The Kier molecular flexibility index (Phi) is 1.86. The topological polar surface area (TPSA) is 0 Å². The van der Waals surface area contributed by atoms with Gasteiger partial charge < -0.3 is 0 Å². The lowest BCUT2D eigenvalue weighted by molar-refractivity contribution is 0.449. The lowest BCUT2D eigenvalue weighted by Crippen LogP contribution is -2.09. The standard InChI is InChI=1S/C7H14S/c1-5-4-8-7(3)6(5)2/h5-7H,4H2,1-3H3. The Hall–Kier alpha value is 0.350. The molecule has 1 heterocycles. The third kappa shape index (κ3) is 1.02. The molecule has 1 rings (SSSR count). The summed E-state index contributed by atoms with van der Waals surface area (Å²) in [6, 6.07) is 0. The van der Waals surface area contributed by atoms with E-state index in [-0.39, 0.29) is 0 Å². The molecule has 0 amide bonds. The van der Waals surface area contributed by atoms with Gasteiger partial charge in [-0.2, -0.15) is 11.8 Å².